The number of nitrogens with zero attached hydrogens (tertiary/aromatic N) is 1. The quantitative estimate of drug-likeness (QED) is 0.476. The van der Waals surface area contributed by atoms with E-state index in [0.29, 0.717) is 19.2 Å². The van der Waals surface area contributed by atoms with Gasteiger partial charge in [-0.1, -0.05) is 48.5 Å². The van der Waals surface area contributed by atoms with Gasteiger partial charge in [-0.2, -0.15) is 43.3 Å². The molecule has 0 aliphatic heterocycles. The van der Waals surface area contributed by atoms with Crippen LogP contribution in [0.15, 0.2) is 65.6 Å². The molecule has 5 nitrogen and oxygen atoms in total. The van der Waals surface area contributed by atoms with Gasteiger partial charge in [0.1, 0.15) is 0 Å². The average Bonchev–Trinajstić information content (AvgIpc) is 2.61. The van der Waals surface area contributed by atoms with Crippen molar-refractivity contribution in [2.45, 2.75) is 22.5 Å². The van der Waals surface area contributed by atoms with Gasteiger partial charge in [0.05, 0.1) is 4.90 Å². The third-order valence-electron chi connectivity index (χ3n) is 3.88. The minimum absolute atomic E-state index is 0.0504. The highest BCUT2D eigenvalue weighted by Gasteiger charge is 2.67. The normalized spacial score (nSPS) is 15.1. The second kappa shape index (κ2) is 7.38. The second-order valence-electron chi connectivity index (χ2n) is 5.83. The Balaban J connectivity index is 2.83. The molecule has 0 radical (unpaired) electrons. The molecule has 0 fully saturated rings. The van der Waals surface area contributed by atoms with Crippen molar-refractivity contribution < 1.29 is 42.6 Å². The topological polar surface area (TPSA) is 63.7 Å². The van der Waals surface area contributed by atoms with Crippen LogP contribution in [0.3, 0.4) is 0 Å². The number of alkyl halides is 6. The largest absolute Gasteiger partial charge is 0.524 e. The van der Waals surface area contributed by atoms with E-state index in [9.17, 15) is 39.0 Å². The molecule has 0 aromatic heterocycles. The SMILES string of the molecule is CN(Cc1ccccc1)S(=O)(OS(=O)(=O)C(F)(F)F)(c1ccccc1)C(F)(F)F. The van der Waals surface area contributed by atoms with Crippen LogP contribution in [-0.4, -0.2) is 35.0 Å². The Bertz CT molecular complexity index is 1020. The van der Waals surface area contributed by atoms with E-state index in [0.717, 1.165) is 12.1 Å². The lowest BCUT2D eigenvalue weighted by molar-refractivity contribution is -0.0658. The van der Waals surface area contributed by atoms with Gasteiger partial charge in [0.15, 0.2) is 0 Å². The molecule has 0 bridgehead atoms. The van der Waals surface area contributed by atoms with Crippen LogP contribution in [0.2, 0.25) is 0 Å². The molecule has 13 heteroatoms. The van der Waals surface area contributed by atoms with Gasteiger partial charge in [-0.05, 0) is 27.2 Å². The van der Waals surface area contributed by atoms with E-state index in [1.54, 1.807) is 0 Å². The average molecular weight is 463 g/mol. The molecule has 0 aliphatic rings. The lowest BCUT2D eigenvalue weighted by atomic mass is 10.2. The summed E-state index contributed by atoms with van der Waals surface area (Å²) in [5, 5.41) is 0. The van der Waals surface area contributed by atoms with E-state index in [1.165, 1.54) is 36.4 Å². The third-order valence-corrected chi connectivity index (χ3v) is 9.36. The molecule has 29 heavy (non-hydrogen) atoms. The summed E-state index contributed by atoms with van der Waals surface area (Å²) in [6.45, 7) is -0.825. The van der Waals surface area contributed by atoms with Crippen LogP contribution in [0.5, 0.6) is 0 Å². The van der Waals surface area contributed by atoms with E-state index in [-0.39, 0.29) is 9.87 Å². The summed E-state index contributed by atoms with van der Waals surface area (Å²) < 4.78 is 122. The fourth-order valence-corrected chi connectivity index (χ4v) is 7.12. The second-order valence-corrected chi connectivity index (χ2v) is 11.0. The smallest absolute Gasteiger partial charge is 0.197 e. The van der Waals surface area contributed by atoms with Crippen molar-refractivity contribution in [1.82, 2.24) is 4.31 Å². The molecule has 2 aromatic carbocycles. The zero-order valence-electron chi connectivity index (χ0n) is 14.6. The van der Waals surface area contributed by atoms with Crippen molar-refractivity contribution >= 4 is 19.7 Å². The summed E-state index contributed by atoms with van der Waals surface area (Å²) in [4.78, 5) is -1.27. The summed E-state index contributed by atoms with van der Waals surface area (Å²) in [7, 11) is -13.6. The van der Waals surface area contributed by atoms with Gasteiger partial charge < -0.3 is 0 Å². The molecule has 2 rings (SSSR count). The fourth-order valence-electron chi connectivity index (χ4n) is 2.44. The molecule has 162 valence electrons. The minimum atomic E-state index is -7.31. The van der Waals surface area contributed by atoms with Gasteiger partial charge in [0.2, 0.25) is 0 Å². The predicted molar refractivity (Wildman–Crippen MR) is 92.9 cm³/mol. The van der Waals surface area contributed by atoms with Gasteiger partial charge in [-0.15, -0.1) is 3.63 Å². The number of hydrogen-bond acceptors (Lipinski definition) is 4. The molecular weight excluding hydrogens is 448 g/mol. The monoisotopic (exact) mass is 463 g/mol. The van der Waals surface area contributed by atoms with Gasteiger partial charge >= 0.3 is 21.1 Å². The van der Waals surface area contributed by atoms with Gasteiger partial charge in [0, 0.05) is 13.6 Å². The standard InChI is InChI=1S/C16H15F6NO4S2/c1-23(12-13-8-4-2-5-9-13)29(26,16(20,21)22,14-10-6-3-7-11-14)27-28(24,25)15(17,18)19/h2-11H,12H2,1H3. The number of halogens is 6. The van der Waals surface area contributed by atoms with Crippen molar-refractivity contribution in [2.24, 2.45) is 0 Å². The van der Waals surface area contributed by atoms with Crippen molar-refractivity contribution in [3.63, 3.8) is 0 Å². The zero-order valence-corrected chi connectivity index (χ0v) is 16.3. The fraction of sp³-hybridized carbons (Fsp3) is 0.250. The van der Waals surface area contributed by atoms with Gasteiger partial charge in [-0.25, -0.2) is 0 Å². The molecule has 0 saturated carbocycles. The van der Waals surface area contributed by atoms with Crippen LogP contribution in [0.1, 0.15) is 5.56 Å². The summed E-state index contributed by atoms with van der Waals surface area (Å²) >= 11 is 0. The van der Waals surface area contributed by atoms with Gasteiger partial charge in [0.25, 0.3) is 0 Å². The summed E-state index contributed by atoms with van der Waals surface area (Å²) in [6.07, 6.45) is 0. The lowest BCUT2D eigenvalue weighted by Crippen LogP contribution is -2.61. The first-order valence-electron chi connectivity index (χ1n) is 7.70. The van der Waals surface area contributed by atoms with E-state index in [1.807, 2.05) is 0 Å². The molecule has 0 amide bonds. The van der Waals surface area contributed by atoms with Gasteiger partial charge in [-0.3, -0.25) is 0 Å². The molecule has 2 aromatic rings. The molecule has 0 N–H and O–H groups in total. The van der Waals surface area contributed by atoms with Crippen molar-refractivity contribution in [3.05, 3.63) is 66.2 Å². The first kappa shape index (κ1) is 23.3. The summed E-state index contributed by atoms with van der Waals surface area (Å²) in [6, 6.07) is 11.4. The number of benzene rings is 2. The van der Waals surface area contributed by atoms with Crippen LogP contribution < -0.4 is 0 Å². The maximum atomic E-state index is 14.3. The number of hydrogen-bond donors (Lipinski definition) is 0. The lowest BCUT2D eigenvalue weighted by Gasteiger charge is -2.52. The van der Waals surface area contributed by atoms with Crippen LogP contribution in [-0.2, 0) is 29.8 Å². The first-order valence-corrected chi connectivity index (χ1v) is 11.0. The van der Waals surface area contributed by atoms with Crippen molar-refractivity contribution in [3.8, 4) is 0 Å². The molecule has 0 unspecified atom stereocenters. The van der Waals surface area contributed by atoms with E-state index in [4.69, 9.17) is 0 Å². The van der Waals surface area contributed by atoms with Crippen LogP contribution in [0.4, 0.5) is 26.3 Å². The Hall–Kier alpha value is -1.96. The van der Waals surface area contributed by atoms with Crippen molar-refractivity contribution in [1.29, 1.82) is 0 Å². The van der Waals surface area contributed by atoms with E-state index in [2.05, 4.69) is 3.63 Å². The Kier molecular flexibility index (Phi) is 5.93. The van der Waals surface area contributed by atoms with E-state index < -0.39 is 42.1 Å². The highest BCUT2D eigenvalue weighted by molar-refractivity contribution is 8.19. The molecule has 0 aliphatic carbocycles. The van der Waals surface area contributed by atoms with Crippen LogP contribution in [0, 0.1) is 0 Å². The predicted octanol–water partition coefficient (Wildman–Crippen LogP) is 4.21. The maximum Gasteiger partial charge on any atom is 0.524 e. The highest BCUT2D eigenvalue weighted by atomic mass is 32.3. The van der Waals surface area contributed by atoms with E-state index >= 15 is 0 Å². The molecule has 0 saturated heterocycles. The zero-order chi connectivity index (χ0) is 22.2. The Morgan fingerprint density at radius 3 is 1.76 bits per heavy atom. The molecule has 0 heterocycles. The first-order chi connectivity index (χ1) is 13.1. The molecule has 0 atom stereocenters. The minimum Gasteiger partial charge on any atom is -0.197 e. The maximum absolute atomic E-state index is 14.3. The highest BCUT2D eigenvalue weighted by Crippen LogP contribution is 2.55. The third kappa shape index (κ3) is 3.91. The Morgan fingerprint density at radius 2 is 1.34 bits per heavy atom. The van der Waals surface area contributed by atoms with Crippen LogP contribution >= 0.6 is 0 Å². The molecular formula is C16H15F6NO4S2. The Morgan fingerprint density at radius 1 is 0.897 bits per heavy atom. The Labute approximate surface area is 162 Å². The van der Waals surface area contributed by atoms with Crippen LogP contribution in [0.25, 0.3) is 0 Å². The molecule has 0 spiro atoms. The number of rotatable bonds is 6. The summed E-state index contributed by atoms with van der Waals surface area (Å²) in [5.74, 6) is 0. The summed E-state index contributed by atoms with van der Waals surface area (Å²) in [5.41, 5.74) is -12.1. The van der Waals surface area contributed by atoms with Crippen molar-refractivity contribution in [2.75, 3.05) is 7.05 Å².